The fourth-order valence-corrected chi connectivity index (χ4v) is 1.54. The van der Waals surface area contributed by atoms with E-state index in [1.54, 1.807) is 6.92 Å². The topological polar surface area (TPSA) is 65.0 Å². The highest BCUT2D eigenvalue weighted by Crippen LogP contribution is 2.28. The van der Waals surface area contributed by atoms with Crippen molar-refractivity contribution in [1.82, 2.24) is 0 Å². The molecule has 1 atom stereocenters. The molecule has 0 aromatic carbocycles. The second-order valence-corrected chi connectivity index (χ2v) is 3.40. The maximum Gasteiger partial charge on any atom is 0.303 e. The molecule has 0 aromatic rings. The van der Waals surface area contributed by atoms with Crippen molar-refractivity contribution < 1.29 is 24.1 Å². The van der Waals surface area contributed by atoms with Gasteiger partial charge in [-0.3, -0.25) is 4.79 Å². The van der Waals surface area contributed by atoms with Crippen LogP contribution in [0.25, 0.3) is 0 Å². The number of hydrogen-bond acceptors (Lipinski definition) is 4. The molecule has 0 rings (SSSR count). The van der Waals surface area contributed by atoms with Crippen molar-refractivity contribution in [2.45, 2.75) is 40.1 Å². The third-order valence-electron chi connectivity index (χ3n) is 2.12. The highest BCUT2D eigenvalue weighted by molar-refractivity contribution is 5.67. The van der Waals surface area contributed by atoms with Gasteiger partial charge in [0.15, 0.2) is 0 Å². The minimum absolute atomic E-state index is 0.0556. The van der Waals surface area contributed by atoms with Crippen LogP contribution in [0.15, 0.2) is 0 Å². The van der Waals surface area contributed by atoms with Crippen molar-refractivity contribution in [2.75, 3.05) is 19.8 Å². The molecule has 0 aliphatic carbocycles. The molecule has 0 fully saturated rings. The normalized spacial score (nSPS) is 13.8. The summed E-state index contributed by atoms with van der Waals surface area (Å²) >= 11 is 0. The zero-order valence-corrected chi connectivity index (χ0v) is 10.5. The lowest BCUT2D eigenvalue weighted by Gasteiger charge is -2.36. The fraction of sp³-hybridized carbons (Fsp3) is 0.909. The van der Waals surface area contributed by atoms with Gasteiger partial charge in [0, 0.05) is 25.7 Å². The first-order valence-corrected chi connectivity index (χ1v) is 5.66. The quantitative estimate of drug-likeness (QED) is 0.617. The van der Waals surface area contributed by atoms with Gasteiger partial charge in [-0.15, -0.1) is 0 Å². The third kappa shape index (κ3) is 4.47. The largest absolute Gasteiger partial charge is 0.481 e. The number of carboxylic acid groups (broad SMARTS) is 1. The average Bonchev–Trinajstić information content (AvgIpc) is 2.17. The summed E-state index contributed by atoms with van der Waals surface area (Å²) in [6, 6.07) is 0. The van der Waals surface area contributed by atoms with Crippen LogP contribution in [0.5, 0.6) is 0 Å². The van der Waals surface area contributed by atoms with Gasteiger partial charge in [-0.25, -0.2) is 0 Å². The van der Waals surface area contributed by atoms with Gasteiger partial charge in [-0.05, 0) is 20.8 Å². The van der Waals surface area contributed by atoms with E-state index in [2.05, 4.69) is 0 Å². The van der Waals surface area contributed by atoms with E-state index < -0.39 is 11.9 Å². The van der Waals surface area contributed by atoms with Crippen LogP contribution in [0.4, 0.5) is 0 Å². The van der Waals surface area contributed by atoms with Gasteiger partial charge in [-0.2, -0.15) is 0 Å². The van der Waals surface area contributed by atoms with Gasteiger partial charge in [0.25, 0.3) is 5.97 Å². The van der Waals surface area contributed by atoms with Crippen LogP contribution in [0.1, 0.15) is 34.1 Å². The number of carboxylic acids is 1. The lowest BCUT2D eigenvalue weighted by molar-refractivity contribution is -0.399. The molecule has 16 heavy (non-hydrogen) atoms. The molecule has 0 spiro atoms. The Balaban J connectivity index is 4.74. The van der Waals surface area contributed by atoms with Crippen LogP contribution in [0.3, 0.4) is 0 Å². The number of ether oxygens (including phenoxy) is 3. The molecule has 0 aromatic heterocycles. The molecule has 0 amide bonds. The van der Waals surface area contributed by atoms with Crippen LogP contribution >= 0.6 is 0 Å². The van der Waals surface area contributed by atoms with Gasteiger partial charge in [0.05, 0.1) is 6.42 Å². The number of aliphatic carboxylic acids is 1. The summed E-state index contributed by atoms with van der Waals surface area (Å²) < 4.78 is 16.4. The van der Waals surface area contributed by atoms with E-state index in [0.717, 1.165) is 0 Å². The second-order valence-electron chi connectivity index (χ2n) is 3.40. The van der Waals surface area contributed by atoms with Crippen molar-refractivity contribution in [3.63, 3.8) is 0 Å². The predicted octanol–water partition coefficient (Wildman–Crippen LogP) is 1.86. The predicted molar refractivity (Wildman–Crippen MR) is 59.0 cm³/mol. The molecule has 0 heterocycles. The SMILES string of the molecule is CCOC(OCC)(OCC)C(C)CC(=O)O. The van der Waals surface area contributed by atoms with E-state index in [9.17, 15) is 4.79 Å². The molecule has 1 unspecified atom stereocenters. The number of carbonyl (C=O) groups is 1. The summed E-state index contributed by atoms with van der Waals surface area (Å²) in [6.07, 6.45) is -0.0556. The Kier molecular flexibility index (Phi) is 7.29. The van der Waals surface area contributed by atoms with Crippen LogP contribution < -0.4 is 0 Å². The summed E-state index contributed by atoms with van der Waals surface area (Å²) in [5.74, 6) is -2.50. The minimum Gasteiger partial charge on any atom is -0.481 e. The third-order valence-corrected chi connectivity index (χ3v) is 2.12. The molecule has 0 bridgehead atoms. The van der Waals surface area contributed by atoms with Gasteiger partial charge >= 0.3 is 5.97 Å². The van der Waals surface area contributed by atoms with Gasteiger partial charge in [0.2, 0.25) is 0 Å². The maximum atomic E-state index is 10.7. The van der Waals surface area contributed by atoms with Crippen LogP contribution in [-0.2, 0) is 19.0 Å². The van der Waals surface area contributed by atoms with E-state index in [-0.39, 0.29) is 12.3 Å². The van der Waals surface area contributed by atoms with E-state index in [1.807, 2.05) is 20.8 Å². The molecule has 1 N–H and O–H groups in total. The van der Waals surface area contributed by atoms with Crippen molar-refractivity contribution in [1.29, 1.82) is 0 Å². The fourth-order valence-electron chi connectivity index (χ4n) is 1.54. The Labute approximate surface area is 96.7 Å². The Morgan fingerprint density at radius 3 is 1.75 bits per heavy atom. The molecular weight excluding hydrogens is 212 g/mol. The maximum absolute atomic E-state index is 10.7. The molecule has 0 aliphatic heterocycles. The second kappa shape index (κ2) is 7.60. The van der Waals surface area contributed by atoms with E-state index in [4.69, 9.17) is 19.3 Å². The van der Waals surface area contributed by atoms with Gasteiger partial charge in [-0.1, -0.05) is 6.92 Å². The summed E-state index contributed by atoms with van der Waals surface area (Å²) in [6.45, 7) is 8.42. The Morgan fingerprint density at radius 2 is 1.50 bits per heavy atom. The lowest BCUT2D eigenvalue weighted by atomic mass is 10.1. The van der Waals surface area contributed by atoms with E-state index >= 15 is 0 Å². The molecular formula is C11H22O5. The summed E-state index contributed by atoms with van der Waals surface area (Å²) in [7, 11) is 0. The molecule has 5 nitrogen and oxygen atoms in total. The van der Waals surface area contributed by atoms with E-state index in [0.29, 0.717) is 19.8 Å². The van der Waals surface area contributed by atoms with Gasteiger partial charge < -0.3 is 19.3 Å². The Hall–Kier alpha value is -0.650. The number of rotatable bonds is 9. The minimum atomic E-state index is -1.24. The Bertz CT molecular complexity index is 188. The first-order valence-electron chi connectivity index (χ1n) is 5.66. The molecule has 0 saturated heterocycles. The Morgan fingerprint density at radius 1 is 1.12 bits per heavy atom. The summed E-state index contributed by atoms with van der Waals surface area (Å²) in [4.78, 5) is 10.7. The monoisotopic (exact) mass is 234 g/mol. The molecule has 96 valence electrons. The zero-order valence-electron chi connectivity index (χ0n) is 10.5. The van der Waals surface area contributed by atoms with Crippen LogP contribution in [-0.4, -0.2) is 36.9 Å². The summed E-state index contributed by atoms with van der Waals surface area (Å²) in [5, 5.41) is 8.79. The zero-order chi connectivity index (χ0) is 12.6. The molecule has 0 radical (unpaired) electrons. The van der Waals surface area contributed by atoms with Crippen LogP contribution in [0, 0.1) is 5.92 Å². The average molecular weight is 234 g/mol. The molecule has 5 heteroatoms. The van der Waals surface area contributed by atoms with Crippen molar-refractivity contribution in [2.24, 2.45) is 5.92 Å². The molecule has 0 aliphatic rings. The lowest BCUT2D eigenvalue weighted by Crippen LogP contribution is -2.46. The highest BCUT2D eigenvalue weighted by Gasteiger charge is 2.40. The van der Waals surface area contributed by atoms with Gasteiger partial charge in [0.1, 0.15) is 0 Å². The standard InChI is InChI=1S/C11H22O5/c1-5-14-11(15-6-2,16-7-3)9(4)8-10(12)13/h9H,5-8H2,1-4H3,(H,12,13). The van der Waals surface area contributed by atoms with Crippen LogP contribution in [0.2, 0.25) is 0 Å². The number of hydrogen-bond donors (Lipinski definition) is 1. The van der Waals surface area contributed by atoms with Crippen molar-refractivity contribution in [3.8, 4) is 0 Å². The molecule has 0 saturated carbocycles. The smallest absolute Gasteiger partial charge is 0.303 e. The summed E-state index contributed by atoms with van der Waals surface area (Å²) in [5.41, 5.74) is 0. The van der Waals surface area contributed by atoms with E-state index in [1.165, 1.54) is 0 Å². The van der Waals surface area contributed by atoms with Crippen molar-refractivity contribution in [3.05, 3.63) is 0 Å². The first-order chi connectivity index (χ1) is 7.52. The first kappa shape index (κ1) is 15.3. The highest BCUT2D eigenvalue weighted by atomic mass is 16.9. The van der Waals surface area contributed by atoms with Crippen molar-refractivity contribution >= 4 is 5.97 Å².